The molecular weight excluding hydrogens is 476 g/mol. The number of carbonyl (C=O) groups is 5. The van der Waals surface area contributed by atoms with Crippen LogP contribution in [0.4, 0.5) is 4.79 Å². The largest absolute Gasteiger partial charge is 0.444 e. The van der Waals surface area contributed by atoms with Crippen molar-refractivity contribution >= 4 is 29.6 Å². The Morgan fingerprint density at radius 1 is 1.00 bits per heavy atom. The van der Waals surface area contributed by atoms with E-state index < -0.39 is 46.9 Å². The zero-order valence-electron chi connectivity index (χ0n) is 23.2. The zero-order valence-corrected chi connectivity index (χ0v) is 23.2. The number of rotatable bonds is 8. The van der Waals surface area contributed by atoms with Crippen LogP contribution >= 0.6 is 0 Å². The fraction of sp³-hybridized carbons (Fsp3) is 0.815. The van der Waals surface area contributed by atoms with E-state index in [1.807, 2.05) is 20.8 Å². The number of nitrogens with zero attached hydrogens (tertiary/aromatic N) is 1. The van der Waals surface area contributed by atoms with E-state index in [2.05, 4.69) is 5.32 Å². The lowest BCUT2D eigenvalue weighted by Gasteiger charge is -2.36. The Labute approximate surface area is 219 Å². The molecule has 4 amide bonds. The van der Waals surface area contributed by atoms with Gasteiger partial charge in [0, 0.05) is 13.0 Å². The van der Waals surface area contributed by atoms with Gasteiger partial charge in [-0.15, -0.1) is 0 Å². The summed E-state index contributed by atoms with van der Waals surface area (Å²) < 4.78 is 5.40. The molecule has 5 N–H and O–H groups in total. The van der Waals surface area contributed by atoms with Crippen molar-refractivity contribution in [1.82, 2.24) is 10.2 Å². The van der Waals surface area contributed by atoms with Gasteiger partial charge in [0.25, 0.3) is 11.7 Å². The van der Waals surface area contributed by atoms with Crippen molar-refractivity contribution in [2.75, 3.05) is 6.54 Å². The van der Waals surface area contributed by atoms with Gasteiger partial charge >= 0.3 is 12.0 Å². The van der Waals surface area contributed by atoms with Gasteiger partial charge in [0.15, 0.2) is 6.04 Å². The summed E-state index contributed by atoms with van der Waals surface area (Å²) >= 11 is 0. The van der Waals surface area contributed by atoms with Crippen LogP contribution in [0.2, 0.25) is 0 Å². The van der Waals surface area contributed by atoms with Crippen LogP contribution in [0.5, 0.6) is 0 Å². The minimum Gasteiger partial charge on any atom is -0.444 e. The van der Waals surface area contributed by atoms with E-state index in [1.165, 1.54) is 5.32 Å². The molecular formula is C27H45N4O6+. The van der Waals surface area contributed by atoms with Crippen LogP contribution in [-0.4, -0.2) is 64.8 Å². The Bertz CT molecular complexity index is 917. The molecule has 0 aromatic carbocycles. The minimum absolute atomic E-state index is 0.0112. The quantitative estimate of drug-likeness (QED) is 0.409. The first-order valence-corrected chi connectivity index (χ1v) is 13.6. The Morgan fingerprint density at radius 3 is 2.14 bits per heavy atom. The lowest BCUT2D eigenvalue weighted by molar-refractivity contribution is -0.596. The van der Waals surface area contributed by atoms with E-state index in [1.54, 1.807) is 25.7 Å². The summed E-state index contributed by atoms with van der Waals surface area (Å²) in [5.41, 5.74) is 3.94. The number of ether oxygens (including phenoxy) is 1. The average molecular weight is 522 g/mol. The number of carbonyl (C=O) groups excluding carboxylic acids is 5. The number of primary amides is 2. The van der Waals surface area contributed by atoms with Crippen molar-refractivity contribution in [1.29, 1.82) is 0 Å². The third kappa shape index (κ3) is 7.09. The van der Waals surface area contributed by atoms with E-state index in [4.69, 9.17) is 10.5 Å². The van der Waals surface area contributed by atoms with Crippen LogP contribution in [0.15, 0.2) is 0 Å². The topological polar surface area (TPSA) is 152 Å². The Balaban J connectivity index is 1.83. The van der Waals surface area contributed by atoms with E-state index >= 15 is 0 Å². The van der Waals surface area contributed by atoms with E-state index in [-0.39, 0.29) is 23.7 Å². The normalized spacial score (nSPS) is 25.6. The van der Waals surface area contributed by atoms with Gasteiger partial charge in [0.1, 0.15) is 17.7 Å². The number of alkyl carbamates (subject to hydrolysis) is 1. The molecule has 1 unspecified atom stereocenters. The maximum atomic E-state index is 13.9. The summed E-state index contributed by atoms with van der Waals surface area (Å²) in [5, 5.41) is 4.09. The number of ketones is 1. The molecule has 1 aliphatic heterocycles. The molecule has 0 spiro atoms. The lowest BCUT2D eigenvalue weighted by atomic mass is 9.80. The standard InChI is InChI=1S/C27H44N4O6/c1-26(2,3)21(30-25(36)37-27(4,5)6)24(35)31-14-16-11-8-12-17(16)19(31)23(34)29-18(20(32)22(28)33)13-15-9-7-10-15/h15-19,21H,7-14H2,1-6H3,(H2,28,33)(H,29,34)(H,30,36)/p+1/t16-,17-,18?,19-,21+/m0/s1. The summed E-state index contributed by atoms with van der Waals surface area (Å²) in [6, 6.07) is -2.50. The maximum absolute atomic E-state index is 13.9. The fourth-order valence-electron chi connectivity index (χ4n) is 5.95. The number of hydrogen-bond donors (Lipinski definition) is 3. The Hall–Kier alpha value is -2.49. The number of amides is 4. The molecule has 0 radical (unpaired) electrons. The van der Waals surface area contributed by atoms with Crippen molar-refractivity contribution in [3.8, 4) is 0 Å². The van der Waals surface area contributed by atoms with Gasteiger partial charge in [0.2, 0.25) is 5.91 Å². The van der Waals surface area contributed by atoms with Crippen molar-refractivity contribution in [2.45, 2.75) is 110 Å². The van der Waals surface area contributed by atoms with E-state index in [9.17, 15) is 24.0 Å². The van der Waals surface area contributed by atoms with Crippen LogP contribution in [0.1, 0.15) is 86.5 Å². The van der Waals surface area contributed by atoms with Crippen molar-refractivity contribution in [2.24, 2.45) is 28.9 Å². The van der Waals surface area contributed by atoms with E-state index in [0.29, 0.717) is 18.9 Å². The molecule has 3 rings (SSSR count). The highest BCUT2D eigenvalue weighted by Crippen LogP contribution is 2.43. The van der Waals surface area contributed by atoms with Crippen molar-refractivity contribution in [3.05, 3.63) is 0 Å². The predicted molar refractivity (Wildman–Crippen MR) is 136 cm³/mol. The van der Waals surface area contributed by atoms with Gasteiger partial charge in [-0.25, -0.2) is 9.59 Å². The number of hydrogen-bond acceptors (Lipinski definition) is 6. The van der Waals surface area contributed by atoms with Gasteiger partial charge < -0.3 is 20.7 Å². The third-order valence-corrected chi connectivity index (χ3v) is 8.00. The number of fused-ring (bicyclic) bond motifs is 1. The van der Waals surface area contributed by atoms with Crippen molar-refractivity contribution < 1.29 is 34.0 Å². The minimum atomic E-state index is -1.04. The number of nitrogens with one attached hydrogen (secondary N) is 1. The highest BCUT2D eigenvalue weighted by Gasteiger charge is 2.54. The second-order valence-electron chi connectivity index (χ2n) is 13.2. The lowest BCUT2D eigenvalue weighted by Crippen LogP contribution is -2.98. The summed E-state index contributed by atoms with van der Waals surface area (Å²) in [4.78, 5) is 66.2. The smallest absolute Gasteiger partial charge is 0.408 e. The summed E-state index contributed by atoms with van der Waals surface area (Å²) in [6.07, 6.45) is 5.45. The van der Waals surface area contributed by atoms with Crippen molar-refractivity contribution in [3.63, 3.8) is 0 Å². The van der Waals surface area contributed by atoms with Gasteiger partial charge in [0.05, 0.1) is 0 Å². The molecule has 3 aliphatic rings. The van der Waals surface area contributed by atoms with E-state index in [0.717, 1.165) is 38.5 Å². The van der Waals surface area contributed by atoms with Crippen LogP contribution < -0.4 is 16.4 Å². The highest BCUT2D eigenvalue weighted by molar-refractivity contribution is 6.37. The molecule has 0 bridgehead atoms. The number of likely N-dealkylation sites (tertiary alicyclic amines) is 1. The monoisotopic (exact) mass is 521 g/mol. The van der Waals surface area contributed by atoms with Gasteiger partial charge in [-0.2, -0.15) is 0 Å². The predicted octanol–water partition coefficient (Wildman–Crippen LogP) is 1.26. The second-order valence-corrected chi connectivity index (χ2v) is 13.2. The first-order valence-electron chi connectivity index (χ1n) is 13.6. The van der Waals surface area contributed by atoms with Crippen LogP contribution in [0.25, 0.3) is 0 Å². The van der Waals surface area contributed by atoms with Gasteiger partial charge in [-0.3, -0.25) is 19.7 Å². The zero-order chi connectivity index (χ0) is 27.7. The molecule has 0 aromatic heterocycles. The second kappa shape index (κ2) is 11.1. The first-order chi connectivity index (χ1) is 17.1. The fourth-order valence-corrected chi connectivity index (χ4v) is 5.95. The van der Waals surface area contributed by atoms with Gasteiger partial charge in [-0.1, -0.05) is 46.5 Å². The molecule has 5 atom stereocenters. The summed E-state index contributed by atoms with van der Waals surface area (Å²) in [6.45, 7) is 11.2. The number of nitrogens with two attached hydrogens (primary N) is 2. The van der Waals surface area contributed by atoms with Crippen LogP contribution in [-0.2, 0) is 23.9 Å². The molecule has 208 valence electrons. The molecule has 0 aromatic rings. The molecule has 3 fully saturated rings. The highest BCUT2D eigenvalue weighted by atomic mass is 16.6. The molecule has 37 heavy (non-hydrogen) atoms. The molecule has 1 saturated heterocycles. The van der Waals surface area contributed by atoms with Crippen LogP contribution in [0, 0.1) is 23.2 Å². The third-order valence-electron chi connectivity index (χ3n) is 8.00. The van der Waals surface area contributed by atoms with Crippen LogP contribution in [0.3, 0.4) is 0 Å². The summed E-state index contributed by atoms with van der Waals surface area (Å²) in [5.74, 6) is -1.98. The summed E-state index contributed by atoms with van der Waals surface area (Å²) in [7, 11) is 0. The first kappa shape index (κ1) is 29.1. The number of quaternary nitrogens is 1. The average Bonchev–Trinajstić information content (AvgIpc) is 3.31. The molecule has 2 aliphatic carbocycles. The molecule has 1 heterocycles. The maximum Gasteiger partial charge on any atom is 0.408 e. The Morgan fingerprint density at radius 2 is 1.62 bits per heavy atom. The Kier molecular flexibility index (Phi) is 8.71. The molecule has 2 saturated carbocycles. The molecule has 10 nitrogen and oxygen atoms in total. The SMILES string of the molecule is CC(C)(C)OC(=O)N[C@H](C(=O)N1C[C@@H]2CCC[C@@H]2[C@H]1C(=O)[NH2+]C(CC1CCC1)C(=O)C(N)=O)C(C)(C)C. The van der Waals surface area contributed by atoms with Gasteiger partial charge in [-0.05, 0) is 56.8 Å². The molecule has 10 heteroatoms. The number of Topliss-reactive ketones (excluding diaryl/α,β-unsaturated/α-hetero) is 1.